The number of aromatic nitrogens is 3. The van der Waals surface area contributed by atoms with Gasteiger partial charge in [0.25, 0.3) is 11.8 Å². The van der Waals surface area contributed by atoms with Gasteiger partial charge in [-0.25, -0.2) is 14.8 Å². The predicted molar refractivity (Wildman–Crippen MR) is 137 cm³/mol. The maximum atomic E-state index is 13.0. The number of fused-ring (bicyclic) bond motifs is 1. The van der Waals surface area contributed by atoms with Gasteiger partial charge >= 0.3 is 11.9 Å². The van der Waals surface area contributed by atoms with Gasteiger partial charge in [0.2, 0.25) is 0 Å². The van der Waals surface area contributed by atoms with Crippen molar-refractivity contribution >= 4 is 82.5 Å². The summed E-state index contributed by atoms with van der Waals surface area (Å²) in [4.78, 5) is 65.9. The summed E-state index contributed by atoms with van der Waals surface area (Å²) in [7, 11) is 0. The smallest absolute Gasteiger partial charge is 0.352 e. The van der Waals surface area contributed by atoms with Gasteiger partial charge in [-0.3, -0.25) is 19.3 Å². The molecule has 1 saturated heterocycles. The molecule has 2 aliphatic heterocycles. The molecule has 18 heteroatoms. The zero-order valence-corrected chi connectivity index (χ0v) is 22.2. The van der Waals surface area contributed by atoms with Crippen molar-refractivity contribution in [2.24, 2.45) is 5.16 Å². The van der Waals surface area contributed by atoms with E-state index in [4.69, 9.17) is 15.3 Å². The van der Waals surface area contributed by atoms with Gasteiger partial charge in [0.15, 0.2) is 17.5 Å². The van der Waals surface area contributed by atoms with Crippen LogP contribution in [0.5, 0.6) is 0 Å². The van der Waals surface area contributed by atoms with Gasteiger partial charge in [0.05, 0.1) is 18.2 Å². The Balaban J connectivity index is 0.00000241. The highest BCUT2D eigenvalue weighted by Crippen LogP contribution is 2.40. The average molecular weight is 594 g/mol. The molecule has 200 valence electrons. The molecule has 2 aromatic rings. The largest absolute Gasteiger partial charge is 0.477 e. The number of thioether (sulfide) groups is 1. The predicted octanol–water partition coefficient (Wildman–Crippen LogP) is 0.515. The number of aromatic amines is 1. The summed E-state index contributed by atoms with van der Waals surface area (Å²) in [6.45, 7) is 0.962. The molecular formula is C19H21Cl2N7O7S2. The molecule has 4 rings (SSSR count). The lowest BCUT2D eigenvalue weighted by Gasteiger charge is -2.49. The summed E-state index contributed by atoms with van der Waals surface area (Å²) in [6, 6.07) is -1.01. The van der Waals surface area contributed by atoms with Crippen LogP contribution in [0.1, 0.15) is 18.3 Å². The number of imidazole rings is 1. The molecule has 1 fully saturated rings. The third-order valence-electron chi connectivity index (χ3n) is 4.90. The molecule has 0 spiro atoms. The number of amides is 2. The molecule has 37 heavy (non-hydrogen) atoms. The molecule has 2 aliphatic rings. The van der Waals surface area contributed by atoms with E-state index in [1.807, 2.05) is 0 Å². The quantitative estimate of drug-likeness (QED) is 0.136. The Labute approximate surface area is 229 Å². The SMILES string of the molecule is CC(=O)OCC1=C(C(=O)O)N2C(=O)[C@@H](NC(=O)C(=NOCc3cnc[nH]3)c3csc(N)n3)[C@@H]2SC1.Cl.Cl. The topological polar surface area (TPSA) is 202 Å². The Hall–Kier alpha value is -3.34. The van der Waals surface area contributed by atoms with E-state index in [1.165, 1.54) is 36.6 Å². The zero-order chi connectivity index (χ0) is 25.1. The Bertz CT molecular complexity index is 1240. The summed E-state index contributed by atoms with van der Waals surface area (Å²) in [5.41, 5.74) is 6.29. The number of thiazole rings is 1. The first kappa shape index (κ1) is 29.9. The van der Waals surface area contributed by atoms with Crippen molar-refractivity contribution < 1.29 is 33.9 Å². The molecule has 0 radical (unpaired) electrons. The maximum Gasteiger partial charge on any atom is 0.352 e. The zero-order valence-electron chi connectivity index (χ0n) is 18.9. The van der Waals surface area contributed by atoms with Crippen molar-refractivity contribution in [2.45, 2.75) is 24.9 Å². The molecule has 2 atom stereocenters. The van der Waals surface area contributed by atoms with Gasteiger partial charge in [-0.2, -0.15) is 0 Å². The van der Waals surface area contributed by atoms with Crippen molar-refractivity contribution in [1.29, 1.82) is 0 Å². The molecule has 0 saturated carbocycles. The number of anilines is 1. The lowest BCUT2D eigenvalue weighted by atomic mass is 10.0. The van der Waals surface area contributed by atoms with E-state index in [0.717, 1.165) is 16.2 Å². The van der Waals surface area contributed by atoms with Crippen LogP contribution >= 0.6 is 47.9 Å². The number of rotatable bonds is 9. The molecule has 0 aliphatic carbocycles. The van der Waals surface area contributed by atoms with Gasteiger partial charge in [-0.15, -0.1) is 47.9 Å². The molecule has 2 aromatic heterocycles. The summed E-state index contributed by atoms with van der Waals surface area (Å²) in [5.74, 6) is -3.07. The fourth-order valence-electron chi connectivity index (χ4n) is 3.32. The molecule has 5 N–H and O–H groups in total. The van der Waals surface area contributed by atoms with Crippen molar-refractivity contribution in [3.05, 3.63) is 40.6 Å². The number of aliphatic carboxylic acids is 1. The van der Waals surface area contributed by atoms with Crippen LogP contribution in [0.3, 0.4) is 0 Å². The van der Waals surface area contributed by atoms with E-state index in [1.54, 1.807) is 0 Å². The van der Waals surface area contributed by atoms with Crippen LogP contribution in [0.25, 0.3) is 0 Å². The lowest BCUT2D eigenvalue weighted by molar-refractivity contribution is -0.150. The van der Waals surface area contributed by atoms with Crippen LogP contribution < -0.4 is 11.1 Å². The van der Waals surface area contributed by atoms with E-state index in [-0.39, 0.29) is 66.0 Å². The number of hydrogen-bond acceptors (Lipinski definition) is 12. The first-order chi connectivity index (χ1) is 16.8. The number of nitrogens with zero attached hydrogens (tertiary/aromatic N) is 4. The second-order valence-electron chi connectivity index (χ2n) is 7.26. The number of nitrogens with two attached hydrogens (primary N) is 1. The third-order valence-corrected chi connectivity index (χ3v) is 6.91. The average Bonchev–Trinajstić information content (AvgIpc) is 3.49. The fraction of sp³-hybridized carbons (Fsp3) is 0.316. The minimum absolute atomic E-state index is 0. The highest BCUT2D eigenvalue weighted by molar-refractivity contribution is 8.00. The maximum absolute atomic E-state index is 13.0. The van der Waals surface area contributed by atoms with E-state index in [0.29, 0.717) is 11.3 Å². The number of H-pyrrole nitrogens is 1. The normalized spacial score (nSPS) is 18.6. The highest BCUT2D eigenvalue weighted by atomic mass is 35.5. The van der Waals surface area contributed by atoms with E-state index >= 15 is 0 Å². The van der Waals surface area contributed by atoms with Gasteiger partial charge in [-0.1, -0.05) is 5.16 Å². The van der Waals surface area contributed by atoms with Crippen LogP contribution in [0.4, 0.5) is 5.13 Å². The first-order valence-electron chi connectivity index (χ1n) is 9.99. The summed E-state index contributed by atoms with van der Waals surface area (Å²) < 4.78 is 4.91. The summed E-state index contributed by atoms with van der Waals surface area (Å²) >= 11 is 2.33. The van der Waals surface area contributed by atoms with Gasteiger partial charge < -0.3 is 30.7 Å². The number of ether oxygens (including phenoxy) is 1. The molecule has 0 unspecified atom stereocenters. The highest BCUT2D eigenvalue weighted by Gasteiger charge is 2.54. The van der Waals surface area contributed by atoms with Crippen LogP contribution in [-0.2, 0) is 35.4 Å². The van der Waals surface area contributed by atoms with Crippen LogP contribution in [0.15, 0.2) is 34.3 Å². The minimum atomic E-state index is -1.33. The summed E-state index contributed by atoms with van der Waals surface area (Å²) in [6.07, 6.45) is 2.99. The number of hydrogen-bond donors (Lipinski definition) is 4. The molecule has 0 bridgehead atoms. The number of nitrogen functional groups attached to an aromatic ring is 1. The fourth-order valence-corrected chi connectivity index (χ4v) is 5.20. The molecular weight excluding hydrogens is 573 g/mol. The molecule has 4 heterocycles. The van der Waals surface area contributed by atoms with Crippen molar-refractivity contribution in [3.8, 4) is 0 Å². The van der Waals surface area contributed by atoms with Crippen molar-refractivity contribution in [1.82, 2.24) is 25.2 Å². The summed E-state index contributed by atoms with van der Waals surface area (Å²) in [5, 5.41) is 17.2. The Morgan fingerprint density at radius 3 is 2.70 bits per heavy atom. The van der Waals surface area contributed by atoms with Gasteiger partial charge in [0, 0.05) is 23.6 Å². The minimum Gasteiger partial charge on any atom is -0.477 e. The van der Waals surface area contributed by atoms with Crippen LogP contribution in [-0.4, -0.2) is 78.2 Å². The monoisotopic (exact) mass is 593 g/mol. The van der Waals surface area contributed by atoms with Crippen molar-refractivity contribution in [2.75, 3.05) is 18.1 Å². The van der Waals surface area contributed by atoms with Crippen molar-refractivity contribution in [3.63, 3.8) is 0 Å². The number of carbonyl (C=O) groups is 4. The van der Waals surface area contributed by atoms with Gasteiger partial charge in [0.1, 0.15) is 29.4 Å². The Morgan fingerprint density at radius 1 is 1.35 bits per heavy atom. The Morgan fingerprint density at radius 2 is 2.11 bits per heavy atom. The van der Waals surface area contributed by atoms with Crippen LogP contribution in [0.2, 0.25) is 0 Å². The van der Waals surface area contributed by atoms with E-state index in [9.17, 15) is 24.3 Å². The third kappa shape index (κ3) is 6.51. The number of halogens is 2. The van der Waals surface area contributed by atoms with Gasteiger partial charge in [-0.05, 0) is 0 Å². The second-order valence-corrected chi connectivity index (χ2v) is 9.25. The number of β-lactam (4-membered cyclic amide) rings is 1. The lowest BCUT2D eigenvalue weighted by Crippen LogP contribution is -2.71. The van der Waals surface area contributed by atoms with Crippen LogP contribution in [0, 0.1) is 0 Å². The molecule has 14 nitrogen and oxygen atoms in total. The number of nitrogens with one attached hydrogen (secondary N) is 2. The molecule has 2 amide bonds. The first-order valence-corrected chi connectivity index (χ1v) is 11.9. The number of oxime groups is 1. The van der Waals surface area contributed by atoms with E-state index < -0.39 is 35.2 Å². The number of carbonyl (C=O) groups excluding carboxylic acids is 3. The number of esters is 1. The Kier molecular flexibility index (Phi) is 10.3. The second kappa shape index (κ2) is 12.8. The molecule has 0 aromatic carbocycles. The number of carboxylic acid groups (broad SMARTS) is 1. The number of carboxylic acids is 1. The standard InChI is InChI=1S/C19H19N7O7S2.2ClH/c1-8(27)32-3-9-5-34-17-13(16(29)26(17)14(9)18(30)31)24-15(28)12(11-6-35-19(20)23-11)25-33-4-10-2-21-7-22-10;;/h2,6-7,13,17H,3-5H2,1H3,(H2,20,23)(H,21,22)(H,24,28)(H,30,31);2*1H/t13-,17+;;/m1../s1. The van der Waals surface area contributed by atoms with E-state index in [2.05, 4.69) is 25.4 Å².